The Morgan fingerprint density at radius 1 is 1.30 bits per heavy atom. The third-order valence-electron chi connectivity index (χ3n) is 2.24. The molecule has 0 heterocycles. The van der Waals surface area contributed by atoms with Gasteiger partial charge in [0, 0.05) is 6.42 Å². The van der Waals surface area contributed by atoms with Gasteiger partial charge in [-0.25, -0.2) is 9.59 Å². The van der Waals surface area contributed by atoms with E-state index in [-0.39, 0.29) is 0 Å². The number of allylic oxidation sites excluding steroid dienone is 1. The molecular formula is C14H22N2O4. The van der Waals surface area contributed by atoms with Crippen molar-refractivity contribution >= 4 is 12.1 Å². The van der Waals surface area contributed by atoms with Crippen LogP contribution in [0.2, 0.25) is 0 Å². The maximum Gasteiger partial charge on any atom is 0.408 e. The van der Waals surface area contributed by atoms with Crippen LogP contribution in [0.3, 0.4) is 0 Å². The Balaban J connectivity index is 4.88. The van der Waals surface area contributed by atoms with Crippen LogP contribution in [0.5, 0.6) is 0 Å². The number of esters is 1. The SMILES string of the molecule is COC(=O)[C@@](C)(/C=C/CCC#N)NC(=O)OC(C)(C)C. The van der Waals surface area contributed by atoms with E-state index >= 15 is 0 Å². The van der Waals surface area contributed by atoms with Crippen LogP contribution in [0.1, 0.15) is 40.5 Å². The number of rotatable bonds is 5. The van der Waals surface area contributed by atoms with E-state index in [0.29, 0.717) is 12.8 Å². The summed E-state index contributed by atoms with van der Waals surface area (Å²) in [5.41, 5.74) is -1.99. The molecule has 1 atom stereocenters. The lowest BCUT2D eigenvalue weighted by Gasteiger charge is -2.27. The van der Waals surface area contributed by atoms with E-state index in [9.17, 15) is 9.59 Å². The van der Waals surface area contributed by atoms with E-state index in [0.717, 1.165) is 0 Å². The number of carbonyl (C=O) groups is 2. The van der Waals surface area contributed by atoms with Gasteiger partial charge in [-0.15, -0.1) is 0 Å². The van der Waals surface area contributed by atoms with Gasteiger partial charge in [-0.3, -0.25) is 0 Å². The van der Waals surface area contributed by atoms with Crippen molar-refractivity contribution in [3.8, 4) is 6.07 Å². The van der Waals surface area contributed by atoms with Crippen LogP contribution < -0.4 is 5.32 Å². The third-order valence-corrected chi connectivity index (χ3v) is 2.24. The molecule has 0 radical (unpaired) electrons. The number of unbranched alkanes of at least 4 members (excludes halogenated alkanes) is 1. The molecule has 20 heavy (non-hydrogen) atoms. The van der Waals surface area contributed by atoms with Crippen molar-refractivity contribution in [2.45, 2.75) is 51.7 Å². The van der Waals surface area contributed by atoms with Crippen LogP contribution in [-0.4, -0.2) is 30.3 Å². The molecule has 0 spiro atoms. The predicted octanol–water partition coefficient (Wildman–Crippen LogP) is 2.30. The molecule has 0 aliphatic heterocycles. The monoisotopic (exact) mass is 282 g/mol. The number of hydrogen-bond donors (Lipinski definition) is 1. The fraction of sp³-hybridized carbons (Fsp3) is 0.643. The van der Waals surface area contributed by atoms with Gasteiger partial charge in [-0.05, 0) is 34.1 Å². The second-order valence-corrected chi connectivity index (χ2v) is 5.42. The summed E-state index contributed by atoms with van der Waals surface area (Å²) in [6.07, 6.45) is 3.26. The minimum Gasteiger partial charge on any atom is -0.467 e. The summed E-state index contributed by atoms with van der Waals surface area (Å²) in [4.78, 5) is 23.5. The molecule has 0 aromatic carbocycles. The third kappa shape index (κ3) is 6.78. The molecular weight excluding hydrogens is 260 g/mol. The van der Waals surface area contributed by atoms with Gasteiger partial charge in [0.2, 0.25) is 0 Å². The van der Waals surface area contributed by atoms with Crippen LogP contribution in [0.15, 0.2) is 12.2 Å². The van der Waals surface area contributed by atoms with E-state index in [1.54, 1.807) is 26.8 Å². The van der Waals surface area contributed by atoms with Crippen molar-refractivity contribution in [1.29, 1.82) is 5.26 Å². The quantitative estimate of drug-likeness (QED) is 0.475. The van der Waals surface area contributed by atoms with Crippen LogP contribution in [0, 0.1) is 11.3 Å². The average Bonchev–Trinajstić information content (AvgIpc) is 2.31. The van der Waals surface area contributed by atoms with Crippen molar-refractivity contribution < 1.29 is 19.1 Å². The lowest BCUT2D eigenvalue weighted by atomic mass is 10.0. The molecule has 0 aliphatic rings. The highest BCUT2D eigenvalue weighted by molar-refractivity contribution is 5.87. The first-order valence-electron chi connectivity index (χ1n) is 6.29. The maximum absolute atomic E-state index is 11.8. The first-order chi connectivity index (χ1) is 9.14. The summed E-state index contributed by atoms with van der Waals surface area (Å²) in [7, 11) is 1.24. The van der Waals surface area contributed by atoms with E-state index in [4.69, 9.17) is 10.00 Å². The normalized spacial score (nSPS) is 14.2. The van der Waals surface area contributed by atoms with Crippen LogP contribution in [0.4, 0.5) is 4.79 Å². The number of alkyl carbamates (subject to hydrolysis) is 1. The highest BCUT2D eigenvalue weighted by atomic mass is 16.6. The molecule has 6 nitrogen and oxygen atoms in total. The average molecular weight is 282 g/mol. The number of nitrogens with zero attached hydrogens (tertiary/aromatic N) is 1. The molecule has 1 N–H and O–H groups in total. The van der Waals surface area contributed by atoms with Crippen molar-refractivity contribution in [2.24, 2.45) is 0 Å². The lowest BCUT2D eigenvalue weighted by Crippen LogP contribution is -2.52. The molecule has 0 saturated carbocycles. The van der Waals surface area contributed by atoms with Crippen molar-refractivity contribution in [3.05, 3.63) is 12.2 Å². The highest BCUT2D eigenvalue weighted by Crippen LogP contribution is 2.13. The standard InChI is InChI=1S/C14H22N2O4/c1-13(2,3)20-12(18)16-14(4,11(17)19-5)9-7-6-8-10-15/h7,9H,6,8H2,1-5H3,(H,16,18)/b9-7+/t14-/m1/s1. The van der Waals surface area contributed by atoms with Crippen LogP contribution >= 0.6 is 0 Å². The summed E-state index contributed by atoms with van der Waals surface area (Å²) in [6.45, 7) is 6.69. The maximum atomic E-state index is 11.8. The summed E-state index contributed by atoms with van der Waals surface area (Å²) >= 11 is 0. The summed E-state index contributed by atoms with van der Waals surface area (Å²) in [5, 5.41) is 10.9. The number of nitriles is 1. The Kier molecular flexibility index (Phi) is 6.77. The first kappa shape index (κ1) is 18.0. The minimum atomic E-state index is -1.33. The molecule has 6 heteroatoms. The van der Waals surface area contributed by atoms with Gasteiger partial charge < -0.3 is 14.8 Å². The molecule has 0 aliphatic carbocycles. The Labute approximate surface area is 119 Å². The fourth-order valence-electron chi connectivity index (χ4n) is 1.36. The zero-order valence-electron chi connectivity index (χ0n) is 12.6. The van der Waals surface area contributed by atoms with Gasteiger partial charge in [0.1, 0.15) is 5.60 Å². The Morgan fingerprint density at radius 2 is 1.90 bits per heavy atom. The molecule has 112 valence electrons. The molecule has 0 fully saturated rings. The van der Waals surface area contributed by atoms with Crippen LogP contribution in [-0.2, 0) is 14.3 Å². The number of methoxy groups -OCH3 is 1. The summed E-state index contributed by atoms with van der Waals surface area (Å²) < 4.78 is 9.79. The predicted molar refractivity (Wildman–Crippen MR) is 73.8 cm³/mol. The Hall–Kier alpha value is -2.03. The molecule has 0 rings (SSSR count). The molecule has 0 aromatic heterocycles. The fourth-order valence-corrected chi connectivity index (χ4v) is 1.36. The highest BCUT2D eigenvalue weighted by Gasteiger charge is 2.34. The van der Waals surface area contributed by atoms with Crippen LogP contribution in [0.25, 0.3) is 0 Å². The molecule has 1 amide bonds. The van der Waals surface area contributed by atoms with Gasteiger partial charge in [-0.1, -0.05) is 12.2 Å². The zero-order chi connectivity index (χ0) is 15.8. The second kappa shape index (κ2) is 7.53. The summed E-state index contributed by atoms with van der Waals surface area (Å²) in [6, 6.07) is 1.99. The van der Waals surface area contributed by atoms with Crippen molar-refractivity contribution in [3.63, 3.8) is 0 Å². The van der Waals surface area contributed by atoms with E-state index in [1.165, 1.54) is 20.1 Å². The topological polar surface area (TPSA) is 88.4 Å². The summed E-state index contributed by atoms with van der Waals surface area (Å²) in [5.74, 6) is -0.614. The Morgan fingerprint density at radius 3 is 2.35 bits per heavy atom. The van der Waals surface area contributed by atoms with Gasteiger partial charge >= 0.3 is 12.1 Å². The number of hydrogen-bond acceptors (Lipinski definition) is 5. The number of ether oxygens (including phenoxy) is 2. The van der Waals surface area contributed by atoms with Crippen molar-refractivity contribution in [1.82, 2.24) is 5.32 Å². The lowest BCUT2D eigenvalue weighted by molar-refractivity contribution is -0.145. The van der Waals surface area contributed by atoms with Gasteiger partial charge in [0.25, 0.3) is 0 Å². The van der Waals surface area contributed by atoms with Gasteiger partial charge in [0.05, 0.1) is 13.2 Å². The molecule has 0 bridgehead atoms. The molecule has 0 saturated heterocycles. The molecule has 0 aromatic rings. The number of carbonyl (C=O) groups excluding carboxylic acids is 2. The van der Waals surface area contributed by atoms with Gasteiger partial charge in [0.15, 0.2) is 5.54 Å². The number of nitrogens with one attached hydrogen (secondary N) is 1. The first-order valence-corrected chi connectivity index (χ1v) is 6.29. The van der Waals surface area contributed by atoms with Gasteiger partial charge in [-0.2, -0.15) is 5.26 Å². The Bertz CT molecular complexity index is 418. The van der Waals surface area contributed by atoms with E-state index in [1.807, 2.05) is 6.07 Å². The van der Waals surface area contributed by atoms with Crippen molar-refractivity contribution in [2.75, 3.05) is 7.11 Å². The van der Waals surface area contributed by atoms with E-state index < -0.39 is 23.2 Å². The van der Waals surface area contributed by atoms with E-state index in [2.05, 4.69) is 10.1 Å². The number of amides is 1. The molecule has 0 unspecified atom stereocenters. The second-order valence-electron chi connectivity index (χ2n) is 5.42. The largest absolute Gasteiger partial charge is 0.467 e. The zero-order valence-corrected chi connectivity index (χ0v) is 12.6. The minimum absolute atomic E-state index is 0.334. The smallest absolute Gasteiger partial charge is 0.408 e.